The number of hydrogen-bond acceptors (Lipinski definition) is 6. The van der Waals surface area contributed by atoms with Crippen molar-refractivity contribution in [2.24, 2.45) is 5.10 Å². The summed E-state index contributed by atoms with van der Waals surface area (Å²) < 4.78 is 29.3. The maximum Gasteiger partial charge on any atom is 0.262 e. The summed E-state index contributed by atoms with van der Waals surface area (Å²) in [5, 5.41) is 5.98. The molecule has 1 unspecified atom stereocenters. The minimum absolute atomic E-state index is 0.146. The standard InChI is InChI=1S/C24H28FN3O5/c1-16(29)27(11-12-31-2)15-24(30)28-22(17-5-7-18(25)8-6-17)14-21(26-28)20-10-9-19(32-3)13-23(20)33-4/h5-10,13,22H,11-12,14-15H2,1-4H3. The van der Waals surface area contributed by atoms with E-state index in [1.165, 1.54) is 36.1 Å². The largest absolute Gasteiger partial charge is 0.497 e. The molecule has 0 aromatic heterocycles. The van der Waals surface area contributed by atoms with E-state index in [1.807, 2.05) is 6.07 Å². The van der Waals surface area contributed by atoms with Gasteiger partial charge in [0.25, 0.3) is 5.91 Å². The van der Waals surface area contributed by atoms with E-state index in [1.54, 1.807) is 38.5 Å². The summed E-state index contributed by atoms with van der Waals surface area (Å²) in [6, 6.07) is 10.9. The number of benzene rings is 2. The Balaban J connectivity index is 1.95. The van der Waals surface area contributed by atoms with Gasteiger partial charge in [0.1, 0.15) is 23.9 Å². The fourth-order valence-corrected chi connectivity index (χ4v) is 3.67. The van der Waals surface area contributed by atoms with E-state index >= 15 is 0 Å². The predicted octanol–water partition coefficient (Wildman–Crippen LogP) is 3.02. The van der Waals surface area contributed by atoms with Gasteiger partial charge in [0.2, 0.25) is 5.91 Å². The Morgan fingerprint density at radius 2 is 1.85 bits per heavy atom. The van der Waals surface area contributed by atoms with Gasteiger partial charge in [0, 0.05) is 38.6 Å². The van der Waals surface area contributed by atoms with Crippen molar-refractivity contribution in [1.29, 1.82) is 0 Å². The molecule has 2 aromatic carbocycles. The maximum absolute atomic E-state index is 13.5. The van der Waals surface area contributed by atoms with Crippen LogP contribution in [0.4, 0.5) is 4.39 Å². The number of rotatable bonds is 9. The molecule has 0 saturated carbocycles. The van der Waals surface area contributed by atoms with Gasteiger partial charge in [-0.1, -0.05) is 12.1 Å². The average Bonchev–Trinajstić information content (AvgIpc) is 3.26. The van der Waals surface area contributed by atoms with Gasteiger partial charge in [0.15, 0.2) is 0 Å². The van der Waals surface area contributed by atoms with Gasteiger partial charge in [-0.15, -0.1) is 0 Å². The zero-order valence-corrected chi connectivity index (χ0v) is 19.2. The average molecular weight is 458 g/mol. The Bertz CT molecular complexity index is 1030. The first-order chi connectivity index (χ1) is 15.9. The maximum atomic E-state index is 13.5. The van der Waals surface area contributed by atoms with Crippen molar-refractivity contribution in [1.82, 2.24) is 9.91 Å². The molecule has 1 heterocycles. The third-order valence-electron chi connectivity index (χ3n) is 5.48. The molecule has 1 aliphatic heterocycles. The number of hydrogen-bond donors (Lipinski definition) is 0. The van der Waals surface area contributed by atoms with Crippen molar-refractivity contribution in [2.75, 3.05) is 41.0 Å². The van der Waals surface area contributed by atoms with E-state index < -0.39 is 6.04 Å². The third-order valence-corrected chi connectivity index (χ3v) is 5.48. The lowest BCUT2D eigenvalue weighted by Crippen LogP contribution is -2.41. The van der Waals surface area contributed by atoms with Crippen LogP contribution in [0.3, 0.4) is 0 Å². The summed E-state index contributed by atoms with van der Waals surface area (Å²) in [6.45, 7) is 1.86. The molecule has 1 aliphatic rings. The Morgan fingerprint density at radius 3 is 2.45 bits per heavy atom. The molecular weight excluding hydrogens is 429 g/mol. The fraction of sp³-hybridized carbons (Fsp3) is 0.375. The molecule has 2 amide bonds. The lowest BCUT2D eigenvalue weighted by Gasteiger charge is -2.26. The predicted molar refractivity (Wildman–Crippen MR) is 121 cm³/mol. The molecule has 0 fully saturated rings. The highest BCUT2D eigenvalue weighted by Gasteiger charge is 2.35. The Hall–Kier alpha value is -3.46. The summed E-state index contributed by atoms with van der Waals surface area (Å²) in [7, 11) is 4.65. The van der Waals surface area contributed by atoms with E-state index in [0.29, 0.717) is 30.2 Å². The SMILES string of the molecule is COCCN(CC(=O)N1N=C(c2ccc(OC)cc2OC)CC1c1ccc(F)cc1)C(C)=O. The van der Waals surface area contributed by atoms with Crippen LogP contribution in [0, 0.1) is 5.82 Å². The molecule has 0 saturated heterocycles. The van der Waals surface area contributed by atoms with Crippen LogP contribution in [0.2, 0.25) is 0 Å². The summed E-state index contributed by atoms with van der Waals surface area (Å²) >= 11 is 0. The number of amides is 2. The number of halogens is 1. The quantitative estimate of drug-likeness (QED) is 0.578. The summed E-state index contributed by atoms with van der Waals surface area (Å²) in [4.78, 5) is 26.7. The van der Waals surface area contributed by atoms with E-state index in [2.05, 4.69) is 5.10 Å². The van der Waals surface area contributed by atoms with Crippen molar-refractivity contribution in [2.45, 2.75) is 19.4 Å². The van der Waals surface area contributed by atoms with E-state index in [9.17, 15) is 14.0 Å². The van der Waals surface area contributed by atoms with Crippen molar-refractivity contribution < 1.29 is 28.2 Å². The monoisotopic (exact) mass is 457 g/mol. The Morgan fingerprint density at radius 1 is 1.12 bits per heavy atom. The van der Waals surface area contributed by atoms with Crippen molar-refractivity contribution in [3.8, 4) is 11.5 Å². The second-order valence-corrected chi connectivity index (χ2v) is 7.56. The van der Waals surface area contributed by atoms with Crippen LogP contribution < -0.4 is 9.47 Å². The van der Waals surface area contributed by atoms with Crippen LogP contribution >= 0.6 is 0 Å². The number of methoxy groups -OCH3 is 3. The third kappa shape index (κ3) is 5.67. The Kier molecular flexibility index (Phi) is 8.00. The van der Waals surface area contributed by atoms with Crippen molar-refractivity contribution >= 4 is 17.5 Å². The molecule has 0 radical (unpaired) electrons. The van der Waals surface area contributed by atoms with Crippen LogP contribution in [-0.2, 0) is 14.3 Å². The molecule has 0 spiro atoms. The van der Waals surface area contributed by atoms with Crippen LogP contribution in [0.25, 0.3) is 0 Å². The van der Waals surface area contributed by atoms with Crippen LogP contribution in [0.15, 0.2) is 47.6 Å². The highest BCUT2D eigenvalue weighted by molar-refractivity contribution is 6.05. The second-order valence-electron chi connectivity index (χ2n) is 7.56. The van der Waals surface area contributed by atoms with E-state index in [4.69, 9.17) is 14.2 Å². The van der Waals surface area contributed by atoms with Gasteiger partial charge >= 0.3 is 0 Å². The molecule has 0 bridgehead atoms. The second kappa shape index (κ2) is 10.9. The van der Waals surface area contributed by atoms with Gasteiger partial charge in [-0.25, -0.2) is 9.40 Å². The van der Waals surface area contributed by atoms with E-state index in [-0.39, 0.29) is 30.7 Å². The van der Waals surface area contributed by atoms with Gasteiger partial charge in [-0.05, 0) is 29.8 Å². The van der Waals surface area contributed by atoms with Gasteiger partial charge in [-0.2, -0.15) is 5.10 Å². The topological polar surface area (TPSA) is 80.7 Å². The summed E-state index contributed by atoms with van der Waals surface area (Å²) in [5.74, 6) is 0.241. The molecule has 0 N–H and O–H groups in total. The fourth-order valence-electron chi connectivity index (χ4n) is 3.67. The zero-order valence-electron chi connectivity index (χ0n) is 19.2. The molecule has 1 atom stereocenters. The minimum Gasteiger partial charge on any atom is -0.497 e. The highest BCUT2D eigenvalue weighted by atomic mass is 19.1. The van der Waals surface area contributed by atoms with Crippen LogP contribution in [-0.4, -0.2) is 68.5 Å². The number of hydrazone groups is 1. The molecule has 33 heavy (non-hydrogen) atoms. The number of carbonyl (C=O) groups is 2. The first-order valence-corrected chi connectivity index (χ1v) is 10.5. The molecule has 3 rings (SSSR count). The summed E-state index contributed by atoms with van der Waals surface area (Å²) in [5.41, 5.74) is 2.11. The smallest absolute Gasteiger partial charge is 0.262 e. The lowest BCUT2D eigenvalue weighted by atomic mass is 9.97. The van der Waals surface area contributed by atoms with Gasteiger partial charge in [0.05, 0.1) is 32.6 Å². The normalized spacial score (nSPS) is 15.2. The molecule has 2 aromatic rings. The van der Waals surface area contributed by atoms with Crippen LogP contribution in [0.1, 0.15) is 30.5 Å². The van der Waals surface area contributed by atoms with Crippen molar-refractivity contribution in [3.63, 3.8) is 0 Å². The first kappa shape index (κ1) is 24.2. The van der Waals surface area contributed by atoms with Gasteiger partial charge < -0.3 is 19.1 Å². The Labute approximate surface area is 192 Å². The van der Waals surface area contributed by atoms with E-state index in [0.717, 1.165) is 11.1 Å². The molecule has 9 heteroatoms. The first-order valence-electron chi connectivity index (χ1n) is 10.5. The molecular formula is C24H28FN3O5. The highest BCUT2D eigenvalue weighted by Crippen LogP contribution is 2.36. The zero-order chi connectivity index (χ0) is 24.0. The molecule has 176 valence electrons. The van der Waals surface area contributed by atoms with Gasteiger partial charge in [-0.3, -0.25) is 9.59 Å². The number of carbonyl (C=O) groups excluding carboxylic acids is 2. The van der Waals surface area contributed by atoms with Crippen molar-refractivity contribution in [3.05, 3.63) is 59.4 Å². The lowest BCUT2D eigenvalue weighted by molar-refractivity contribution is -0.141. The minimum atomic E-state index is -0.448. The molecule has 8 nitrogen and oxygen atoms in total. The van der Waals surface area contributed by atoms with Crippen LogP contribution in [0.5, 0.6) is 11.5 Å². The summed E-state index contributed by atoms with van der Waals surface area (Å²) in [6.07, 6.45) is 0.401. The number of nitrogens with zero attached hydrogens (tertiary/aromatic N) is 3. The molecule has 0 aliphatic carbocycles. The number of ether oxygens (including phenoxy) is 3.